The molecule has 1 aromatic heterocycles. The van der Waals surface area contributed by atoms with Gasteiger partial charge >= 0.3 is 0 Å². The Hall–Kier alpha value is -1.31. The second kappa shape index (κ2) is 2.09. The van der Waals surface area contributed by atoms with E-state index in [1.54, 1.807) is 0 Å². The van der Waals surface area contributed by atoms with Crippen LogP contribution in [-0.2, 0) is 7.05 Å². The fraction of sp³-hybridized carbons (Fsp3) is 0.222. The van der Waals surface area contributed by atoms with Crippen molar-refractivity contribution >= 4 is 11.9 Å². The van der Waals surface area contributed by atoms with Gasteiger partial charge in [-0.1, -0.05) is 12.2 Å². The lowest BCUT2D eigenvalue weighted by Gasteiger charge is -2.05. The molecule has 2 rings (SSSR count). The molecule has 0 aromatic carbocycles. The Morgan fingerprint density at radius 1 is 1.55 bits per heavy atom. The first-order chi connectivity index (χ1) is 5.29. The first kappa shape index (κ1) is 6.40. The van der Waals surface area contributed by atoms with Gasteiger partial charge in [-0.25, -0.2) is 0 Å². The van der Waals surface area contributed by atoms with E-state index in [0.29, 0.717) is 6.42 Å². The molecule has 2 nitrogen and oxygen atoms in total. The highest BCUT2D eigenvalue weighted by Gasteiger charge is 2.15. The summed E-state index contributed by atoms with van der Waals surface area (Å²) in [5, 5.41) is 0. The van der Waals surface area contributed by atoms with Gasteiger partial charge in [0, 0.05) is 25.2 Å². The van der Waals surface area contributed by atoms with Crippen LogP contribution in [0.1, 0.15) is 22.5 Å². The molecule has 0 radical (unpaired) electrons. The molecule has 1 aromatic rings. The fourth-order valence-corrected chi connectivity index (χ4v) is 1.43. The van der Waals surface area contributed by atoms with E-state index in [1.807, 2.05) is 36.0 Å². The van der Waals surface area contributed by atoms with Gasteiger partial charge in [-0.15, -0.1) is 0 Å². The molecule has 0 saturated carbocycles. The molecule has 0 atom stereocenters. The third-order valence-electron chi connectivity index (χ3n) is 1.97. The Labute approximate surface area is 65.1 Å². The third-order valence-corrected chi connectivity index (χ3v) is 1.97. The summed E-state index contributed by atoms with van der Waals surface area (Å²) >= 11 is 0. The molecule has 0 unspecified atom stereocenters. The third kappa shape index (κ3) is 0.827. The lowest BCUT2D eigenvalue weighted by atomic mass is 10.0. The lowest BCUT2D eigenvalue weighted by Crippen LogP contribution is -2.08. The quantitative estimate of drug-likeness (QED) is 0.546. The lowest BCUT2D eigenvalue weighted by molar-refractivity contribution is 0.0987. The summed E-state index contributed by atoms with van der Waals surface area (Å²) in [7, 11) is 1.90. The van der Waals surface area contributed by atoms with Crippen molar-refractivity contribution in [3.63, 3.8) is 0 Å². The summed E-state index contributed by atoms with van der Waals surface area (Å²) < 4.78 is 1.88. The van der Waals surface area contributed by atoms with Gasteiger partial charge in [0.25, 0.3) is 0 Å². The van der Waals surface area contributed by atoms with E-state index in [-0.39, 0.29) is 5.78 Å². The molecule has 1 aliphatic carbocycles. The van der Waals surface area contributed by atoms with Crippen molar-refractivity contribution in [3.05, 3.63) is 29.6 Å². The van der Waals surface area contributed by atoms with E-state index >= 15 is 0 Å². The van der Waals surface area contributed by atoms with Crippen LogP contribution in [0, 0.1) is 0 Å². The maximum atomic E-state index is 11.3. The van der Waals surface area contributed by atoms with Gasteiger partial charge in [-0.2, -0.15) is 0 Å². The number of ketones is 1. The smallest absolute Gasteiger partial charge is 0.183 e. The van der Waals surface area contributed by atoms with E-state index < -0.39 is 0 Å². The van der Waals surface area contributed by atoms with Gasteiger partial charge in [0.1, 0.15) is 0 Å². The Balaban J connectivity index is 2.67. The maximum absolute atomic E-state index is 11.3. The van der Waals surface area contributed by atoms with Crippen LogP contribution in [0.5, 0.6) is 0 Å². The molecule has 0 spiro atoms. The van der Waals surface area contributed by atoms with E-state index in [0.717, 1.165) is 11.3 Å². The molecule has 1 heterocycles. The average Bonchev–Trinajstić information content (AvgIpc) is 2.34. The van der Waals surface area contributed by atoms with E-state index in [1.165, 1.54) is 0 Å². The molecule has 1 aliphatic rings. The number of aromatic nitrogens is 1. The van der Waals surface area contributed by atoms with Crippen molar-refractivity contribution in [2.45, 2.75) is 6.42 Å². The molecule has 56 valence electrons. The number of Topliss-reactive ketones (excluding diaryl/α,β-unsaturated/α-hetero) is 1. The number of allylic oxidation sites excluding steroid dienone is 1. The fourth-order valence-electron chi connectivity index (χ4n) is 1.43. The summed E-state index contributed by atoms with van der Waals surface area (Å²) in [6.45, 7) is 0. The Morgan fingerprint density at radius 2 is 2.36 bits per heavy atom. The average molecular weight is 147 g/mol. The topological polar surface area (TPSA) is 22.0 Å². The van der Waals surface area contributed by atoms with Crippen molar-refractivity contribution in [1.29, 1.82) is 0 Å². The monoisotopic (exact) mass is 147 g/mol. The minimum absolute atomic E-state index is 0.218. The van der Waals surface area contributed by atoms with Crippen LogP contribution in [-0.4, -0.2) is 10.4 Å². The van der Waals surface area contributed by atoms with Gasteiger partial charge in [-0.05, 0) is 6.07 Å². The zero-order valence-electron chi connectivity index (χ0n) is 6.37. The SMILES string of the molecule is Cn1ccc2c1C(=O)CC=C2. The van der Waals surface area contributed by atoms with Crippen LogP contribution in [0.2, 0.25) is 0 Å². The van der Waals surface area contributed by atoms with E-state index in [4.69, 9.17) is 0 Å². The number of carbonyl (C=O) groups is 1. The minimum Gasteiger partial charge on any atom is -0.348 e. The molecular formula is C9H9NO. The number of aryl methyl sites for hydroxylation is 1. The van der Waals surface area contributed by atoms with Crippen molar-refractivity contribution in [2.24, 2.45) is 7.05 Å². The van der Waals surface area contributed by atoms with Crippen molar-refractivity contribution in [2.75, 3.05) is 0 Å². The van der Waals surface area contributed by atoms with Crippen LogP contribution >= 0.6 is 0 Å². The highest BCUT2D eigenvalue weighted by Crippen LogP contribution is 2.18. The summed E-state index contributed by atoms with van der Waals surface area (Å²) in [6, 6.07) is 1.96. The van der Waals surface area contributed by atoms with Crippen molar-refractivity contribution in [3.8, 4) is 0 Å². The van der Waals surface area contributed by atoms with Crippen LogP contribution < -0.4 is 0 Å². The first-order valence-corrected chi connectivity index (χ1v) is 3.64. The normalized spacial score (nSPS) is 15.2. The predicted octanol–water partition coefficient (Wildman–Crippen LogP) is 1.62. The predicted molar refractivity (Wildman–Crippen MR) is 43.4 cm³/mol. The van der Waals surface area contributed by atoms with Crippen LogP contribution in [0.15, 0.2) is 18.3 Å². The van der Waals surface area contributed by atoms with Gasteiger partial charge < -0.3 is 4.57 Å². The van der Waals surface area contributed by atoms with Crippen molar-refractivity contribution < 1.29 is 4.79 Å². The van der Waals surface area contributed by atoms with Crippen molar-refractivity contribution in [1.82, 2.24) is 4.57 Å². The Kier molecular flexibility index (Phi) is 1.22. The highest BCUT2D eigenvalue weighted by molar-refractivity contribution is 6.01. The molecule has 0 aliphatic heterocycles. The zero-order chi connectivity index (χ0) is 7.84. The summed E-state index contributed by atoms with van der Waals surface area (Å²) in [5.74, 6) is 0.218. The number of hydrogen-bond donors (Lipinski definition) is 0. The molecular weight excluding hydrogens is 138 g/mol. The van der Waals surface area contributed by atoms with Gasteiger partial charge in [0.2, 0.25) is 0 Å². The zero-order valence-corrected chi connectivity index (χ0v) is 6.37. The van der Waals surface area contributed by atoms with Gasteiger partial charge in [0.05, 0.1) is 5.69 Å². The first-order valence-electron chi connectivity index (χ1n) is 3.64. The van der Waals surface area contributed by atoms with E-state index in [9.17, 15) is 4.79 Å². The van der Waals surface area contributed by atoms with Gasteiger partial charge in [0.15, 0.2) is 5.78 Å². The Bertz CT molecular complexity index is 333. The molecule has 0 fully saturated rings. The van der Waals surface area contributed by atoms with Crippen LogP contribution in [0.25, 0.3) is 6.08 Å². The number of nitrogens with zero attached hydrogens (tertiary/aromatic N) is 1. The highest BCUT2D eigenvalue weighted by atomic mass is 16.1. The molecule has 11 heavy (non-hydrogen) atoms. The molecule has 0 N–H and O–H groups in total. The summed E-state index contributed by atoms with van der Waals surface area (Å²) in [6.07, 6.45) is 6.37. The second-order valence-corrected chi connectivity index (χ2v) is 2.76. The second-order valence-electron chi connectivity index (χ2n) is 2.76. The maximum Gasteiger partial charge on any atom is 0.183 e. The minimum atomic E-state index is 0.218. The number of fused-ring (bicyclic) bond motifs is 1. The number of rotatable bonds is 0. The van der Waals surface area contributed by atoms with Gasteiger partial charge in [-0.3, -0.25) is 4.79 Å². The summed E-state index contributed by atoms with van der Waals surface area (Å²) in [4.78, 5) is 11.3. The Morgan fingerprint density at radius 3 is 3.09 bits per heavy atom. The largest absolute Gasteiger partial charge is 0.348 e. The molecule has 0 saturated heterocycles. The van der Waals surface area contributed by atoms with Crippen LogP contribution in [0.4, 0.5) is 0 Å². The van der Waals surface area contributed by atoms with Crippen LogP contribution in [0.3, 0.4) is 0 Å². The standard InChI is InChI=1S/C9H9NO/c1-10-6-5-7-3-2-4-8(11)9(7)10/h2-3,5-6H,4H2,1H3. The van der Waals surface area contributed by atoms with E-state index in [2.05, 4.69) is 0 Å². The number of hydrogen-bond acceptors (Lipinski definition) is 1. The molecule has 0 bridgehead atoms. The number of carbonyl (C=O) groups excluding carboxylic acids is 1. The molecule has 2 heteroatoms. The molecule has 0 amide bonds. The summed E-state index contributed by atoms with van der Waals surface area (Å²) in [5.41, 5.74) is 1.89.